The Morgan fingerprint density at radius 3 is 2.10 bits per heavy atom. The quantitative estimate of drug-likeness (QED) is 0.350. The molecule has 0 fully saturated rings. The number of carbonyl (C=O) groups is 2. The molecule has 0 aromatic heterocycles. The molecule has 0 saturated heterocycles. The number of carbonyl (C=O) groups excluding carboxylic acids is 2. The summed E-state index contributed by atoms with van der Waals surface area (Å²) in [5.41, 5.74) is 1.55. The van der Waals surface area contributed by atoms with Crippen LogP contribution in [0.1, 0.15) is 38.8 Å². The molecule has 7 nitrogen and oxygen atoms in total. The standard InChI is InChI=1S/C30H36FN3O4S/c1-5-24-15-17-26(18-16-24)34(39(37,38)27-12-7-6-8-13-27)21-29(35)33(20-25-11-9-10-14-28(25)31)23(4)30(36)32-19-22(2)3/h6-18,22-23H,5,19-21H2,1-4H3,(H,32,36). The van der Waals surface area contributed by atoms with Gasteiger partial charge >= 0.3 is 0 Å². The lowest BCUT2D eigenvalue weighted by molar-refractivity contribution is -0.139. The third-order valence-electron chi connectivity index (χ3n) is 6.39. The van der Waals surface area contributed by atoms with E-state index in [9.17, 15) is 22.4 Å². The van der Waals surface area contributed by atoms with Crippen LogP contribution in [0.25, 0.3) is 0 Å². The molecular formula is C30H36FN3O4S. The molecule has 3 aromatic rings. The lowest BCUT2D eigenvalue weighted by Crippen LogP contribution is -2.51. The maximum atomic E-state index is 14.6. The van der Waals surface area contributed by atoms with Crippen molar-refractivity contribution in [2.45, 2.75) is 51.6 Å². The van der Waals surface area contributed by atoms with Crippen LogP contribution in [0.4, 0.5) is 10.1 Å². The molecule has 3 rings (SSSR count). The first-order chi connectivity index (χ1) is 18.5. The van der Waals surface area contributed by atoms with Gasteiger partial charge in [0.25, 0.3) is 10.0 Å². The largest absolute Gasteiger partial charge is 0.354 e. The van der Waals surface area contributed by atoms with Crippen molar-refractivity contribution in [3.63, 3.8) is 0 Å². The number of nitrogens with one attached hydrogen (secondary N) is 1. The predicted octanol–water partition coefficient (Wildman–Crippen LogP) is 4.77. The van der Waals surface area contributed by atoms with Gasteiger partial charge < -0.3 is 10.2 Å². The lowest BCUT2D eigenvalue weighted by Gasteiger charge is -2.32. The Morgan fingerprint density at radius 2 is 1.51 bits per heavy atom. The van der Waals surface area contributed by atoms with Crippen LogP contribution in [-0.2, 0) is 32.6 Å². The van der Waals surface area contributed by atoms with Crippen LogP contribution in [-0.4, -0.2) is 44.3 Å². The summed E-state index contributed by atoms with van der Waals surface area (Å²) in [6.45, 7) is 7.08. The molecule has 0 bridgehead atoms. The first-order valence-electron chi connectivity index (χ1n) is 13.0. The van der Waals surface area contributed by atoms with Crippen LogP contribution >= 0.6 is 0 Å². The zero-order chi connectivity index (χ0) is 28.6. The molecule has 9 heteroatoms. The van der Waals surface area contributed by atoms with E-state index in [2.05, 4.69) is 5.32 Å². The second-order valence-corrected chi connectivity index (χ2v) is 11.6. The van der Waals surface area contributed by atoms with Gasteiger partial charge in [0.2, 0.25) is 11.8 Å². The highest BCUT2D eigenvalue weighted by Crippen LogP contribution is 2.25. The number of sulfonamides is 1. The summed E-state index contributed by atoms with van der Waals surface area (Å²) < 4.78 is 43.1. The second-order valence-electron chi connectivity index (χ2n) is 9.77. The summed E-state index contributed by atoms with van der Waals surface area (Å²) in [5, 5.41) is 2.81. The molecule has 0 aliphatic heterocycles. The maximum Gasteiger partial charge on any atom is 0.264 e. The van der Waals surface area contributed by atoms with Crippen LogP contribution < -0.4 is 9.62 Å². The highest BCUT2D eigenvalue weighted by atomic mass is 32.2. The van der Waals surface area contributed by atoms with Crippen molar-refractivity contribution in [1.82, 2.24) is 10.2 Å². The number of halogens is 1. The van der Waals surface area contributed by atoms with Gasteiger partial charge in [-0.3, -0.25) is 13.9 Å². The molecule has 0 radical (unpaired) electrons. The number of benzene rings is 3. The predicted molar refractivity (Wildman–Crippen MR) is 151 cm³/mol. The fourth-order valence-corrected chi connectivity index (χ4v) is 5.43. The normalized spacial score (nSPS) is 12.2. The zero-order valence-corrected chi connectivity index (χ0v) is 23.6. The monoisotopic (exact) mass is 553 g/mol. The van der Waals surface area contributed by atoms with Gasteiger partial charge in [0, 0.05) is 18.7 Å². The van der Waals surface area contributed by atoms with Gasteiger partial charge in [-0.2, -0.15) is 0 Å². The third kappa shape index (κ3) is 7.66. The van der Waals surface area contributed by atoms with Gasteiger partial charge in [0.15, 0.2) is 0 Å². The Kier molecular flexibility index (Phi) is 10.2. The van der Waals surface area contributed by atoms with E-state index in [1.54, 1.807) is 43.3 Å². The van der Waals surface area contributed by atoms with Crippen LogP contribution in [0.3, 0.4) is 0 Å². The molecule has 3 aromatic carbocycles. The minimum absolute atomic E-state index is 0.0285. The van der Waals surface area contributed by atoms with E-state index in [0.717, 1.165) is 16.3 Å². The van der Waals surface area contributed by atoms with Crippen LogP contribution in [0, 0.1) is 11.7 Å². The summed E-state index contributed by atoms with van der Waals surface area (Å²) >= 11 is 0. The van der Waals surface area contributed by atoms with Gasteiger partial charge in [-0.15, -0.1) is 0 Å². The van der Waals surface area contributed by atoms with Crippen molar-refractivity contribution in [2.24, 2.45) is 5.92 Å². The lowest BCUT2D eigenvalue weighted by atomic mass is 10.1. The molecule has 0 aliphatic carbocycles. The van der Waals surface area contributed by atoms with Gasteiger partial charge in [-0.25, -0.2) is 12.8 Å². The SMILES string of the molecule is CCc1ccc(N(CC(=O)N(Cc2ccccc2F)C(C)C(=O)NCC(C)C)S(=O)(=O)c2ccccc2)cc1. The van der Waals surface area contributed by atoms with Crippen LogP contribution in [0.15, 0.2) is 83.8 Å². The number of hydrogen-bond donors (Lipinski definition) is 1. The van der Waals surface area contributed by atoms with E-state index in [1.807, 2.05) is 32.9 Å². The molecule has 208 valence electrons. The minimum atomic E-state index is -4.14. The molecule has 1 N–H and O–H groups in total. The molecule has 0 saturated carbocycles. The van der Waals surface area contributed by atoms with Crippen molar-refractivity contribution in [3.8, 4) is 0 Å². The molecule has 0 heterocycles. The van der Waals surface area contributed by atoms with Gasteiger partial charge in [-0.1, -0.05) is 69.3 Å². The van der Waals surface area contributed by atoms with E-state index >= 15 is 0 Å². The third-order valence-corrected chi connectivity index (χ3v) is 8.18. The van der Waals surface area contributed by atoms with E-state index in [1.165, 1.54) is 35.2 Å². The average molecular weight is 554 g/mol. The van der Waals surface area contributed by atoms with Crippen LogP contribution in [0.5, 0.6) is 0 Å². The van der Waals surface area contributed by atoms with E-state index < -0.39 is 40.2 Å². The maximum absolute atomic E-state index is 14.6. The Bertz CT molecular complexity index is 1360. The van der Waals surface area contributed by atoms with Gasteiger partial charge in [0.1, 0.15) is 18.4 Å². The molecule has 2 amide bonds. The van der Waals surface area contributed by atoms with Crippen molar-refractivity contribution < 1.29 is 22.4 Å². The fourth-order valence-electron chi connectivity index (χ4n) is 3.99. The Hall–Kier alpha value is -3.72. The van der Waals surface area contributed by atoms with E-state index in [0.29, 0.717) is 12.2 Å². The van der Waals surface area contributed by atoms with E-state index in [-0.39, 0.29) is 22.9 Å². The topological polar surface area (TPSA) is 86.8 Å². The Balaban J connectivity index is 2.01. The minimum Gasteiger partial charge on any atom is -0.354 e. The summed E-state index contributed by atoms with van der Waals surface area (Å²) in [7, 11) is -4.14. The van der Waals surface area contributed by atoms with Crippen molar-refractivity contribution in [3.05, 3.63) is 95.8 Å². The molecule has 0 spiro atoms. The second kappa shape index (κ2) is 13.4. The Labute approximate surface area is 230 Å². The smallest absolute Gasteiger partial charge is 0.264 e. The number of hydrogen-bond acceptors (Lipinski definition) is 4. The number of amides is 2. The number of aryl methyl sites for hydroxylation is 1. The average Bonchev–Trinajstić information content (AvgIpc) is 2.94. The van der Waals surface area contributed by atoms with Crippen molar-refractivity contribution in [2.75, 3.05) is 17.4 Å². The summed E-state index contributed by atoms with van der Waals surface area (Å²) in [4.78, 5) is 28.1. The van der Waals surface area contributed by atoms with Crippen molar-refractivity contribution in [1.29, 1.82) is 0 Å². The molecule has 1 atom stereocenters. The fraction of sp³-hybridized carbons (Fsp3) is 0.333. The summed E-state index contributed by atoms with van der Waals surface area (Å²) in [5.74, 6) is -1.37. The summed E-state index contributed by atoms with van der Waals surface area (Å²) in [6, 6.07) is 19.8. The molecule has 0 aliphatic rings. The highest BCUT2D eigenvalue weighted by Gasteiger charge is 2.32. The zero-order valence-electron chi connectivity index (χ0n) is 22.8. The van der Waals surface area contributed by atoms with Crippen molar-refractivity contribution >= 4 is 27.5 Å². The number of rotatable bonds is 12. The van der Waals surface area contributed by atoms with E-state index in [4.69, 9.17) is 0 Å². The van der Waals surface area contributed by atoms with Gasteiger partial charge in [-0.05, 0) is 55.2 Å². The van der Waals surface area contributed by atoms with Crippen LogP contribution in [0.2, 0.25) is 0 Å². The highest BCUT2D eigenvalue weighted by molar-refractivity contribution is 7.92. The Morgan fingerprint density at radius 1 is 0.897 bits per heavy atom. The molecule has 39 heavy (non-hydrogen) atoms. The first kappa shape index (κ1) is 29.8. The number of nitrogens with zero attached hydrogens (tertiary/aromatic N) is 2. The first-order valence-corrected chi connectivity index (χ1v) is 14.5. The molecular weight excluding hydrogens is 517 g/mol. The molecule has 1 unspecified atom stereocenters. The summed E-state index contributed by atoms with van der Waals surface area (Å²) in [6.07, 6.45) is 0.768. The number of anilines is 1. The van der Waals surface area contributed by atoms with Gasteiger partial charge in [0.05, 0.1) is 10.6 Å².